The van der Waals surface area contributed by atoms with Crippen molar-refractivity contribution in [2.24, 2.45) is 5.92 Å². The van der Waals surface area contributed by atoms with Crippen molar-refractivity contribution in [1.29, 1.82) is 0 Å². The van der Waals surface area contributed by atoms with Gasteiger partial charge in [-0.1, -0.05) is 30.3 Å². The molecule has 1 aliphatic carbocycles. The van der Waals surface area contributed by atoms with Crippen LogP contribution in [0.25, 0.3) is 0 Å². The highest BCUT2D eigenvalue weighted by atomic mass is 16.5. The van der Waals surface area contributed by atoms with Gasteiger partial charge in [-0.3, -0.25) is 4.79 Å². The van der Waals surface area contributed by atoms with Gasteiger partial charge in [0.25, 0.3) is 0 Å². The molecule has 0 aromatic heterocycles. The molecule has 2 atom stereocenters. The Hall–Kier alpha value is -1.57. The number of carbonyl (C=O) groups excluding carboxylic acids is 1. The van der Waals surface area contributed by atoms with Crippen LogP contribution in [-0.4, -0.2) is 5.78 Å². The summed E-state index contributed by atoms with van der Waals surface area (Å²) in [7, 11) is 0. The van der Waals surface area contributed by atoms with E-state index in [2.05, 4.69) is 6.08 Å². The maximum absolute atomic E-state index is 12.1. The van der Waals surface area contributed by atoms with Crippen LogP contribution in [0.3, 0.4) is 0 Å². The summed E-state index contributed by atoms with van der Waals surface area (Å²) in [5.74, 6) is 1.31. The van der Waals surface area contributed by atoms with E-state index in [-0.39, 0.29) is 12.0 Å². The molecule has 1 aromatic rings. The van der Waals surface area contributed by atoms with Crippen LogP contribution in [0.2, 0.25) is 0 Å². The highest BCUT2D eigenvalue weighted by molar-refractivity contribution is 5.85. The number of allylic oxidation sites excluding steroid dienone is 2. The second-order valence-electron chi connectivity index (χ2n) is 4.78. The predicted octanol–water partition coefficient (Wildman–Crippen LogP) is 3.40. The Morgan fingerprint density at radius 2 is 2.00 bits per heavy atom. The standard InChI is InChI=1S/C15H16O2/c16-13-10-15(11-6-2-1-3-7-11)17-14-9-5-4-8-12(13)14/h1-3,6-7,9,12,15H,4-5,8,10H2. The van der Waals surface area contributed by atoms with Gasteiger partial charge in [0, 0.05) is 6.42 Å². The molecular formula is C15H16O2. The third-order valence-electron chi connectivity index (χ3n) is 3.61. The fourth-order valence-electron chi connectivity index (χ4n) is 2.69. The van der Waals surface area contributed by atoms with Crippen molar-refractivity contribution >= 4 is 5.78 Å². The first-order valence-corrected chi connectivity index (χ1v) is 6.29. The number of rotatable bonds is 1. The van der Waals surface area contributed by atoms with Gasteiger partial charge in [-0.2, -0.15) is 0 Å². The third-order valence-corrected chi connectivity index (χ3v) is 3.61. The summed E-state index contributed by atoms with van der Waals surface area (Å²) < 4.78 is 5.99. The second-order valence-corrected chi connectivity index (χ2v) is 4.78. The summed E-state index contributed by atoms with van der Waals surface area (Å²) in [6, 6.07) is 10.0. The van der Waals surface area contributed by atoms with Crippen molar-refractivity contribution in [2.45, 2.75) is 31.8 Å². The molecule has 17 heavy (non-hydrogen) atoms. The van der Waals surface area contributed by atoms with Crippen molar-refractivity contribution < 1.29 is 9.53 Å². The number of Topliss-reactive ketones (excluding diaryl/α,β-unsaturated/α-hetero) is 1. The molecule has 1 aliphatic heterocycles. The number of hydrogen-bond donors (Lipinski definition) is 0. The van der Waals surface area contributed by atoms with Crippen LogP contribution in [0.5, 0.6) is 0 Å². The first-order chi connectivity index (χ1) is 8.34. The van der Waals surface area contributed by atoms with Crippen molar-refractivity contribution in [2.75, 3.05) is 0 Å². The zero-order chi connectivity index (χ0) is 11.7. The molecule has 0 spiro atoms. The Morgan fingerprint density at radius 3 is 2.82 bits per heavy atom. The summed E-state index contributed by atoms with van der Waals surface area (Å²) in [5, 5.41) is 0. The first-order valence-electron chi connectivity index (χ1n) is 6.29. The minimum absolute atomic E-state index is 0.0451. The van der Waals surface area contributed by atoms with Gasteiger partial charge in [-0.25, -0.2) is 0 Å². The lowest BCUT2D eigenvalue weighted by Gasteiger charge is -2.33. The predicted molar refractivity (Wildman–Crippen MR) is 65.3 cm³/mol. The van der Waals surface area contributed by atoms with E-state index in [0.717, 1.165) is 30.6 Å². The Kier molecular flexibility index (Phi) is 2.71. The summed E-state index contributed by atoms with van der Waals surface area (Å²) >= 11 is 0. The van der Waals surface area contributed by atoms with E-state index in [1.165, 1.54) is 0 Å². The third kappa shape index (κ3) is 1.99. The fourth-order valence-corrected chi connectivity index (χ4v) is 2.69. The topological polar surface area (TPSA) is 26.3 Å². The van der Waals surface area contributed by atoms with Gasteiger partial charge in [0.15, 0.2) is 0 Å². The van der Waals surface area contributed by atoms with Gasteiger partial charge < -0.3 is 4.74 Å². The number of benzene rings is 1. The van der Waals surface area contributed by atoms with Crippen LogP contribution < -0.4 is 0 Å². The van der Waals surface area contributed by atoms with Gasteiger partial charge in [0.05, 0.1) is 5.92 Å². The highest BCUT2D eigenvalue weighted by Crippen LogP contribution is 2.38. The lowest BCUT2D eigenvalue weighted by molar-refractivity contribution is -0.130. The van der Waals surface area contributed by atoms with E-state index in [0.29, 0.717) is 12.2 Å². The van der Waals surface area contributed by atoms with E-state index in [4.69, 9.17) is 4.74 Å². The van der Waals surface area contributed by atoms with Crippen molar-refractivity contribution in [3.05, 3.63) is 47.7 Å². The van der Waals surface area contributed by atoms with Crippen LogP contribution in [0.1, 0.15) is 37.4 Å². The minimum Gasteiger partial charge on any atom is -0.489 e. The second kappa shape index (κ2) is 4.36. The summed E-state index contributed by atoms with van der Waals surface area (Å²) in [6.07, 6.45) is 5.66. The molecule has 2 nitrogen and oxygen atoms in total. The molecular weight excluding hydrogens is 212 g/mol. The van der Waals surface area contributed by atoms with Gasteiger partial charge in [0.2, 0.25) is 0 Å². The molecule has 1 heterocycles. The number of ketones is 1. The average molecular weight is 228 g/mol. The lowest BCUT2D eigenvalue weighted by Crippen LogP contribution is -2.29. The average Bonchev–Trinajstić information content (AvgIpc) is 2.40. The number of hydrogen-bond acceptors (Lipinski definition) is 2. The Balaban J connectivity index is 1.86. The Bertz CT molecular complexity index is 447. The van der Waals surface area contributed by atoms with Crippen LogP contribution in [0, 0.1) is 5.92 Å². The van der Waals surface area contributed by atoms with E-state index in [1.807, 2.05) is 30.3 Å². The molecule has 3 rings (SSSR count). The molecule has 2 heteroatoms. The van der Waals surface area contributed by atoms with Crippen LogP contribution in [0.15, 0.2) is 42.2 Å². The Labute approximate surface area is 101 Å². The molecule has 1 aromatic carbocycles. The van der Waals surface area contributed by atoms with Gasteiger partial charge in [0.1, 0.15) is 17.6 Å². The van der Waals surface area contributed by atoms with Gasteiger partial charge in [-0.05, 0) is 30.9 Å². The monoisotopic (exact) mass is 228 g/mol. The smallest absolute Gasteiger partial charge is 0.147 e. The van der Waals surface area contributed by atoms with Crippen LogP contribution in [-0.2, 0) is 9.53 Å². The molecule has 2 unspecified atom stereocenters. The molecule has 1 saturated heterocycles. The van der Waals surface area contributed by atoms with Crippen molar-refractivity contribution in [1.82, 2.24) is 0 Å². The van der Waals surface area contributed by atoms with Crippen LogP contribution in [0.4, 0.5) is 0 Å². The minimum atomic E-state index is -0.0794. The number of carbonyl (C=O) groups is 1. The number of ether oxygens (including phenoxy) is 1. The van der Waals surface area contributed by atoms with Crippen LogP contribution >= 0.6 is 0 Å². The zero-order valence-corrected chi connectivity index (χ0v) is 9.76. The highest BCUT2D eigenvalue weighted by Gasteiger charge is 2.35. The first kappa shape index (κ1) is 10.6. The van der Waals surface area contributed by atoms with E-state index in [1.54, 1.807) is 0 Å². The van der Waals surface area contributed by atoms with E-state index >= 15 is 0 Å². The Morgan fingerprint density at radius 1 is 1.18 bits per heavy atom. The lowest BCUT2D eigenvalue weighted by atomic mass is 9.84. The summed E-state index contributed by atoms with van der Waals surface area (Å²) in [6.45, 7) is 0. The summed E-state index contributed by atoms with van der Waals surface area (Å²) in [5.41, 5.74) is 1.10. The fraction of sp³-hybridized carbons (Fsp3) is 0.400. The maximum Gasteiger partial charge on any atom is 0.147 e. The van der Waals surface area contributed by atoms with Gasteiger partial charge in [-0.15, -0.1) is 0 Å². The van der Waals surface area contributed by atoms with Crippen molar-refractivity contribution in [3.63, 3.8) is 0 Å². The molecule has 0 amide bonds. The normalized spacial score (nSPS) is 28.0. The molecule has 0 saturated carbocycles. The molecule has 88 valence electrons. The largest absolute Gasteiger partial charge is 0.489 e. The molecule has 0 N–H and O–H groups in total. The SMILES string of the molecule is O=C1CC(c2ccccc2)OC2=CCCCC12. The molecule has 1 fully saturated rings. The number of fused-ring (bicyclic) bond motifs is 1. The van der Waals surface area contributed by atoms with E-state index in [9.17, 15) is 4.79 Å². The molecule has 0 bridgehead atoms. The molecule has 2 aliphatic rings. The molecule has 0 radical (unpaired) electrons. The van der Waals surface area contributed by atoms with Gasteiger partial charge >= 0.3 is 0 Å². The maximum atomic E-state index is 12.1. The summed E-state index contributed by atoms with van der Waals surface area (Å²) in [4.78, 5) is 12.1. The zero-order valence-electron chi connectivity index (χ0n) is 9.76. The van der Waals surface area contributed by atoms with Crippen molar-refractivity contribution in [3.8, 4) is 0 Å². The quantitative estimate of drug-likeness (QED) is 0.736. The van der Waals surface area contributed by atoms with E-state index < -0.39 is 0 Å².